The first kappa shape index (κ1) is 34.7. The van der Waals surface area contributed by atoms with E-state index in [0.717, 1.165) is 16.6 Å². The molecule has 3 aromatic carbocycles. The summed E-state index contributed by atoms with van der Waals surface area (Å²) >= 11 is 1.63. The predicted molar refractivity (Wildman–Crippen MR) is 198 cm³/mol. The van der Waals surface area contributed by atoms with Crippen molar-refractivity contribution in [1.82, 2.24) is 29.7 Å². The van der Waals surface area contributed by atoms with Gasteiger partial charge in [-0.1, -0.05) is 90.2 Å². The van der Waals surface area contributed by atoms with E-state index < -0.39 is 33.4 Å². The highest BCUT2D eigenvalue weighted by molar-refractivity contribution is 8.02. The van der Waals surface area contributed by atoms with Gasteiger partial charge in [-0.15, -0.1) is 30.0 Å². The zero-order valence-corrected chi connectivity index (χ0v) is 29.7. The van der Waals surface area contributed by atoms with Crippen LogP contribution in [-0.2, 0) is 34.0 Å². The molecule has 1 spiro atoms. The minimum atomic E-state index is -0.919. The van der Waals surface area contributed by atoms with Crippen molar-refractivity contribution in [3.63, 3.8) is 0 Å². The molecule has 2 unspecified atom stereocenters. The number of fused-ring (bicyclic) bond motifs is 2. The van der Waals surface area contributed by atoms with Crippen LogP contribution in [0.25, 0.3) is 11.0 Å². The van der Waals surface area contributed by atoms with Gasteiger partial charge in [0.1, 0.15) is 18.2 Å². The molecule has 0 aliphatic carbocycles. The van der Waals surface area contributed by atoms with Gasteiger partial charge in [0.05, 0.1) is 34.7 Å². The second-order valence-corrected chi connectivity index (χ2v) is 16.0. The fraction of sp³-hybridized carbons (Fsp3) is 0.375. The van der Waals surface area contributed by atoms with Crippen molar-refractivity contribution in [1.29, 1.82) is 0 Å². The Morgan fingerprint density at radius 1 is 0.941 bits per heavy atom. The molecule has 3 aliphatic heterocycles. The number of hydrogen-bond donors (Lipinski definition) is 1. The number of aromatic nitrogens is 3. The molecule has 1 N–H and O–H groups in total. The smallest absolute Gasteiger partial charge is 0.248 e. The fourth-order valence-electron chi connectivity index (χ4n) is 8.67. The summed E-state index contributed by atoms with van der Waals surface area (Å²) in [5.74, 6) is -2.01. The number of amides is 3. The maximum absolute atomic E-state index is 15.2. The molecule has 51 heavy (non-hydrogen) atoms. The van der Waals surface area contributed by atoms with E-state index in [9.17, 15) is 9.90 Å². The van der Waals surface area contributed by atoms with Crippen LogP contribution in [0, 0.1) is 11.8 Å². The number of aliphatic hydroxyl groups excluding tert-OH is 1. The first-order valence-electron chi connectivity index (χ1n) is 17.5. The molecule has 3 saturated heterocycles. The molecule has 3 fully saturated rings. The topological polar surface area (TPSA) is 112 Å². The second-order valence-electron chi connectivity index (χ2n) is 14.1. The average molecular weight is 705 g/mol. The van der Waals surface area contributed by atoms with Crippen molar-refractivity contribution >= 4 is 40.5 Å². The molecule has 264 valence electrons. The van der Waals surface area contributed by atoms with Crippen molar-refractivity contribution in [3.05, 3.63) is 121 Å². The molecule has 11 heteroatoms. The van der Waals surface area contributed by atoms with Crippen LogP contribution < -0.4 is 0 Å². The Hall–Kier alpha value is -4.74. The summed E-state index contributed by atoms with van der Waals surface area (Å²) in [5, 5.41) is 19.6. The van der Waals surface area contributed by atoms with Crippen molar-refractivity contribution in [2.24, 2.45) is 11.8 Å². The molecular weight excluding hydrogens is 661 g/mol. The van der Waals surface area contributed by atoms with E-state index in [1.165, 1.54) is 0 Å². The second kappa shape index (κ2) is 14.1. The van der Waals surface area contributed by atoms with Gasteiger partial charge in [0, 0.05) is 24.4 Å². The zero-order chi connectivity index (χ0) is 35.8. The van der Waals surface area contributed by atoms with Crippen molar-refractivity contribution < 1.29 is 19.5 Å². The Morgan fingerprint density at radius 3 is 2.27 bits per heavy atom. The standard InChI is InChI=1S/C40H44N6O4S/c1-4-22-43(25-29-16-10-7-11-17-29)36(48)33-34-37(49)46(30(26-47)24-28-14-8-6-9-15-28)35(40(34)21-20-39(33,3)51-40)38(50)44(23-5-2)27-45-32-19-13-12-18-31(32)41-42-45/h4-19,30,33-35,47H,1-2,20-27H2,3H3/t30-,33-,34+,35?,39+,40?/m1/s1. The minimum absolute atomic E-state index is 0.0988. The third-order valence-corrected chi connectivity index (χ3v) is 12.9. The number of aliphatic hydroxyl groups is 1. The summed E-state index contributed by atoms with van der Waals surface area (Å²) in [7, 11) is 0. The van der Waals surface area contributed by atoms with Gasteiger partial charge in [0.25, 0.3) is 0 Å². The van der Waals surface area contributed by atoms with E-state index in [1.807, 2.05) is 84.9 Å². The summed E-state index contributed by atoms with van der Waals surface area (Å²) in [5.41, 5.74) is 3.42. The number of para-hydroxylation sites is 1. The van der Waals surface area contributed by atoms with Crippen LogP contribution in [0.4, 0.5) is 0 Å². The lowest BCUT2D eigenvalue weighted by Crippen LogP contribution is -2.58. The van der Waals surface area contributed by atoms with E-state index in [-0.39, 0.29) is 37.5 Å². The molecule has 3 amide bonds. The number of likely N-dealkylation sites (tertiary alicyclic amines) is 1. The Bertz CT molecular complexity index is 1940. The lowest BCUT2D eigenvalue weighted by atomic mass is 9.66. The number of thioether (sulfide) groups is 1. The predicted octanol–water partition coefficient (Wildman–Crippen LogP) is 4.70. The van der Waals surface area contributed by atoms with Crippen LogP contribution in [0.5, 0.6) is 0 Å². The Morgan fingerprint density at radius 2 is 1.59 bits per heavy atom. The Labute approximate surface area is 302 Å². The van der Waals surface area contributed by atoms with E-state index in [2.05, 4.69) is 30.4 Å². The number of hydrogen-bond acceptors (Lipinski definition) is 7. The van der Waals surface area contributed by atoms with Crippen molar-refractivity contribution in [2.75, 3.05) is 19.7 Å². The maximum atomic E-state index is 15.2. The molecule has 0 radical (unpaired) electrons. The quantitative estimate of drug-likeness (QED) is 0.190. The van der Waals surface area contributed by atoms with Gasteiger partial charge in [0.2, 0.25) is 17.7 Å². The third kappa shape index (κ3) is 6.06. The van der Waals surface area contributed by atoms with E-state index in [0.29, 0.717) is 37.9 Å². The van der Waals surface area contributed by atoms with Crippen LogP contribution in [-0.4, -0.2) is 93.8 Å². The molecular formula is C40H44N6O4S. The highest BCUT2D eigenvalue weighted by Gasteiger charge is 2.78. The lowest BCUT2D eigenvalue weighted by molar-refractivity contribution is -0.148. The van der Waals surface area contributed by atoms with Gasteiger partial charge in [-0.2, -0.15) is 0 Å². The van der Waals surface area contributed by atoms with Crippen LogP contribution in [0.3, 0.4) is 0 Å². The molecule has 4 heterocycles. The summed E-state index contributed by atoms with van der Waals surface area (Å²) < 4.78 is 0.256. The summed E-state index contributed by atoms with van der Waals surface area (Å²) in [6.45, 7) is 10.7. The molecule has 0 saturated carbocycles. The van der Waals surface area contributed by atoms with Gasteiger partial charge in [0.15, 0.2) is 0 Å². The first-order valence-corrected chi connectivity index (χ1v) is 18.3. The van der Waals surface area contributed by atoms with Crippen molar-refractivity contribution in [2.45, 2.75) is 61.0 Å². The molecule has 1 aromatic heterocycles. The molecule has 3 aliphatic rings. The van der Waals surface area contributed by atoms with Gasteiger partial charge < -0.3 is 19.8 Å². The summed E-state index contributed by atoms with van der Waals surface area (Å²) in [6, 6.07) is 25.5. The normalized spacial score (nSPS) is 25.5. The van der Waals surface area contributed by atoms with Crippen LogP contribution in [0.2, 0.25) is 0 Å². The van der Waals surface area contributed by atoms with Gasteiger partial charge in [-0.05, 0) is 49.4 Å². The number of nitrogens with zero attached hydrogens (tertiary/aromatic N) is 6. The largest absolute Gasteiger partial charge is 0.394 e. The number of benzene rings is 3. The maximum Gasteiger partial charge on any atom is 0.248 e. The van der Waals surface area contributed by atoms with E-state index >= 15 is 9.59 Å². The number of rotatable bonds is 14. The monoisotopic (exact) mass is 704 g/mol. The Balaban J connectivity index is 1.30. The summed E-state index contributed by atoms with van der Waals surface area (Å²) in [6.07, 6.45) is 5.03. The van der Waals surface area contributed by atoms with Gasteiger partial charge in [-0.25, -0.2) is 4.68 Å². The fourth-order valence-corrected chi connectivity index (χ4v) is 11.0. The number of carbonyl (C=O) groups excluding carboxylic acids is 3. The molecule has 6 atom stereocenters. The van der Waals surface area contributed by atoms with Crippen LogP contribution in [0.15, 0.2) is 110 Å². The number of carbonyl (C=O) groups is 3. The minimum Gasteiger partial charge on any atom is -0.394 e. The third-order valence-electron chi connectivity index (χ3n) is 10.9. The average Bonchev–Trinajstić information content (AvgIpc) is 3.86. The van der Waals surface area contributed by atoms with E-state index in [1.54, 1.807) is 43.3 Å². The zero-order valence-electron chi connectivity index (χ0n) is 28.9. The Kier molecular flexibility index (Phi) is 9.60. The van der Waals surface area contributed by atoms with Crippen LogP contribution in [0.1, 0.15) is 30.9 Å². The molecule has 2 bridgehead atoms. The first-order chi connectivity index (χ1) is 24.7. The lowest BCUT2D eigenvalue weighted by Gasteiger charge is -2.39. The van der Waals surface area contributed by atoms with Gasteiger partial charge in [-0.3, -0.25) is 14.4 Å². The van der Waals surface area contributed by atoms with Crippen molar-refractivity contribution in [3.8, 4) is 0 Å². The highest BCUT2D eigenvalue weighted by atomic mass is 32.2. The summed E-state index contributed by atoms with van der Waals surface area (Å²) in [4.78, 5) is 50.3. The SMILES string of the molecule is C=CCN(Cn1nnc2ccccc21)C(=O)C1N([C@@H](CO)Cc2ccccc2)C(=O)[C@@H]2[C@H](C(=O)N(CC=C)Cc3ccccc3)[C@]3(C)CCC12S3. The molecule has 7 rings (SSSR count). The molecule has 10 nitrogen and oxygen atoms in total. The highest BCUT2D eigenvalue weighted by Crippen LogP contribution is 2.72. The van der Waals surface area contributed by atoms with Gasteiger partial charge >= 0.3 is 0 Å². The van der Waals surface area contributed by atoms with E-state index in [4.69, 9.17) is 0 Å². The molecule has 4 aromatic rings. The van der Waals surface area contributed by atoms with Crippen LogP contribution >= 0.6 is 11.8 Å².